The summed E-state index contributed by atoms with van der Waals surface area (Å²) in [5, 5.41) is 5.31. The minimum Gasteiger partial charge on any atom is -0.399 e. The molecular formula is C18H19Cl3N4O. The lowest BCUT2D eigenvalue weighted by molar-refractivity contribution is 0.209. The first kappa shape index (κ1) is 19.2. The molecule has 0 amide bonds. The van der Waals surface area contributed by atoms with Gasteiger partial charge in [0.05, 0.1) is 15.1 Å². The Morgan fingerprint density at radius 3 is 2.38 bits per heavy atom. The summed E-state index contributed by atoms with van der Waals surface area (Å²) in [7, 11) is 1.53. The van der Waals surface area contributed by atoms with E-state index in [2.05, 4.69) is 19.9 Å². The van der Waals surface area contributed by atoms with Crippen LogP contribution in [0.3, 0.4) is 0 Å². The number of aromatic nitrogens is 1. The number of anilines is 1. The third kappa shape index (κ3) is 4.60. The summed E-state index contributed by atoms with van der Waals surface area (Å²) in [6, 6.07) is 9.49. The Bertz CT molecular complexity index is 754. The second-order valence-corrected chi connectivity index (χ2v) is 7.12. The Morgan fingerprint density at radius 1 is 1.12 bits per heavy atom. The van der Waals surface area contributed by atoms with Crippen molar-refractivity contribution in [1.29, 1.82) is 0 Å². The first-order chi connectivity index (χ1) is 12.6. The van der Waals surface area contributed by atoms with Gasteiger partial charge in [0.1, 0.15) is 18.6 Å². The number of nitrogens with zero attached hydrogens (tertiary/aromatic N) is 4. The van der Waals surface area contributed by atoms with Gasteiger partial charge in [-0.15, -0.1) is 0 Å². The van der Waals surface area contributed by atoms with Crippen molar-refractivity contribution in [2.45, 2.75) is 0 Å². The van der Waals surface area contributed by atoms with Crippen LogP contribution in [0.15, 0.2) is 41.7 Å². The van der Waals surface area contributed by atoms with E-state index in [1.807, 2.05) is 24.4 Å². The third-order valence-corrected chi connectivity index (χ3v) is 5.43. The second kappa shape index (κ2) is 8.91. The zero-order valence-corrected chi connectivity index (χ0v) is 16.6. The van der Waals surface area contributed by atoms with E-state index in [1.165, 1.54) is 7.11 Å². The molecule has 2 heterocycles. The van der Waals surface area contributed by atoms with Crippen LogP contribution in [0.5, 0.6) is 0 Å². The average molecular weight is 414 g/mol. The van der Waals surface area contributed by atoms with Gasteiger partial charge in [-0.3, -0.25) is 4.90 Å². The molecule has 5 nitrogen and oxygen atoms in total. The first-order valence-electron chi connectivity index (χ1n) is 8.21. The van der Waals surface area contributed by atoms with E-state index < -0.39 is 0 Å². The molecule has 0 atom stereocenters. The summed E-state index contributed by atoms with van der Waals surface area (Å²) in [4.78, 5) is 14.0. The first-order valence-corrected chi connectivity index (χ1v) is 9.35. The Hall–Kier alpha value is -1.53. The van der Waals surface area contributed by atoms with Gasteiger partial charge in [0.15, 0.2) is 0 Å². The van der Waals surface area contributed by atoms with Crippen LogP contribution in [-0.4, -0.2) is 55.4 Å². The Balaban J connectivity index is 1.68. The summed E-state index contributed by atoms with van der Waals surface area (Å²) in [5.74, 6) is 1.01. The van der Waals surface area contributed by atoms with E-state index in [-0.39, 0.29) is 0 Å². The van der Waals surface area contributed by atoms with Gasteiger partial charge in [-0.1, -0.05) is 46.0 Å². The fourth-order valence-corrected chi connectivity index (χ4v) is 3.49. The van der Waals surface area contributed by atoms with E-state index in [0.29, 0.717) is 21.6 Å². The molecule has 0 bridgehead atoms. The predicted octanol–water partition coefficient (Wildman–Crippen LogP) is 4.21. The van der Waals surface area contributed by atoms with Crippen molar-refractivity contribution < 1.29 is 4.84 Å². The molecule has 3 rings (SSSR count). The van der Waals surface area contributed by atoms with Gasteiger partial charge >= 0.3 is 0 Å². The van der Waals surface area contributed by atoms with Gasteiger partial charge in [-0.25, -0.2) is 4.98 Å². The Labute approximate surface area is 168 Å². The minimum atomic E-state index is 0.345. The molecule has 0 radical (unpaired) electrons. The fourth-order valence-electron chi connectivity index (χ4n) is 2.89. The van der Waals surface area contributed by atoms with Crippen molar-refractivity contribution in [2.75, 3.05) is 44.7 Å². The van der Waals surface area contributed by atoms with Crippen molar-refractivity contribution in [3.63, 3.8) is 0 Å². The van der Waals surface area contributed by atoms with Crippen molar-refractivity contribution in [3.05, 3.63) is 57.2 Å². The zero-order chi connectivity index (χ0) is 18.5. The molecular weight excluding hydrogens is 395 g/mol. The molecule has 26 heavy (non-hydrogen) atoms. The number of oxime groups is 1. The molecule has 0 N–H and O–H groups in total. The van der Waals surface area contributed by atoms with Crippen LogP contribution < -0.4 is 4.90 Å². The molecule has 1 aliphatic rings. The summed E-state index contributed by atoms with van der Waals surface area (Å²) in [6.07, 6.45) is 1.82. The molecule has 1 saturated heterocycles. The smallest absolute Gasteiger partial charge is 0.128 e. The van der Waals surface area contributed by atoms with Crippen LogP contribution >= 0.6 is 34.8 Å². The molecule has 8 heteroatoms. The molecule has 0 spiro atoms. The highest BCUT2D eigenvalue weighted by Gasteiger charge is 2.21. The molecule has 2 aromatic rings. The lowest BCUT2D eigenvalue weighted by Crippen LogP contribution is -2.48. The maximum absolute atomic E-state index is 6.15. The summed E-state index contributed by atoms with van der Waals surface area (Å²) < 4.78 is 0. The van der Waals surface area contributed by atoms with Gasteiger partial charge in [-0.2, -0.15) is 0 Å². The topological polar surface area (TPSA) is 41.0 Å². The number of benzene rings is 1. The molecule has 0 aliphatic carbocycles. The number of pyridine rings is 1. The van der Waals surface area contributed by atoms with Crippen molar-refractivity contribution in [3.8, 4) is 0 Å². The van der Waals surface area contributed by atoms with E-state index in [0.717, 1.165) is 43.3 Å². The molecule has 138 valence electrons. The highest BCUT2D eigenvalue weighted by atomic mass is 35.5. The van der Waals surface area contributed by atoms with E-state index in [9.17, 15) is 0 Å². The van der Waals surface area contributed by atoms with Crippen LogP contribution in [0.2, 0.25) is 15.1 Å². The normalized spacial score (nSPS) is 16.0. The Morgan fingerprint density at radius 2 is 1.81 bits per heavy atom. The molecule has 1 aliphatic heterocycles. The van der Waals surface area contributed by atoms with E-state index >= 15 is 0 Å². The van der Waals surface area contributed by atoms with Crippen molar-refractivity contribution in [2.24, 2.45) is 5.16 Å². The van der Waals surface area contributed by atoms with Crippen LogP contribution in [0, 0.1) is 0 Å². The summed E-state index contributed by atoms with van der Waals surface area (Å²) in [5.41, 5.74) is 1.57. The van der Waals surface area contributed by atoms with Crippen molar-refractivity contribution >= 4 is 46.3 Å². The highest BCUT2D eigenvalue weighted by Crippen LogP contribution is 2.31. The summed E-state index contributed by atoms with van der Waals surface area (Å²) >= 11 is 18.3. The van der Waals surface area contributed by atoms with Gasteiger partial charge in [0.25, 0.3) is 0 Å². The second-order valence-electron chi connectivity index (χ2n) is 5.93. The van der Waals surface area contributed by atoms with Crippen LogP contribution in [0.25, 0.3) is 0 Å². The maximum Gasteiger partial charge on any atom is 0.128 e. The van der Waals surface area contributed by atoms with Gasteiger partial charge < -0.3 is 9.74 Å². The largest absolute Gasteiger partial charge is 0.399 e. The Kier molecular flexibility index (Phi) is 6.59. The van der Waals surface area contributed by atoms with Crippen LogP contribution in [0.1, 0.15) is 5.56 Å². The highest BCUT2D eigenvalue weighted by molar-refractivity contribution is 6.48. The number of rotatable bonds is 5. The summed E-state index contributed by atoms with van der Waals surface area (Å²) in [6.45, 7) is 4.24. The average Bonchev–Trinajstić information content (AvgIpc) is 2.66. The van der Waals surface area contributed by atoms with Gasteiger partial charge in [-0.05, 0) is 24.3 Å². The number of hydrogen-bond donors (Lipinski definition) is 0. The predicted molar refractivity (Wildman–Crippen MR) is 108 cm³/mol. The number of piperazine rings is 1. The lowest BCUT2D eigenvalue weighted by atomic mass is 10.1. The molecule has 1 aromatic heterocycles. The monoisotopic (exact) mass is 412 g/mol. The molecule has 1 aromatic carbocycles. The van der Waals surface area contributed by atoms with Crippen molar-refractivity contribution in [1.82, 2.24) is 9.88 Å². The maximum atomic E-state index is 6.15. The lowest BCUT2D eigenvalue weighted by Gasteiger charge is -2.35. The van der Waals surface area contributed by atoms with Gasteiger partial charge in [0, 0.05) is 44.5 Å². The molecule has 0 saturated carbocycles. The van der Waals surface area contributed by atoms with Crippen LogP contribution in [0.4, 0.5) is 5.82 Å². The zero-order valence-electron chi connectivity index (χ0n) is 14.3. The molecule has 0 unspecified atom stereocenters. The standard InChI is InChI=1S/C18H19Cl3N4O/c1-26-23-16(13-10-14(19)18(21)15(20)11-13)12-24-6-8-25(9-7-24)17-4-2-3-5-22-17/h2-5,10-11H,6-9,12H2,1H3/b23-16-. The fraction of sp³-hybridized carbons (Fsp3) is 0.333. The molecule has 1 fully saturated rings. The van der Waals surface area contributed by atoms with Crippen LogP contribution in [-0.2, 0) is 4.84 Å². The van der Waals surface area contributed by atoms with Gasteiger partial charge in [0.2, 0.25) is 0 Å². The van der Waals surface area contributed by atoms with E-state index in [1.54, 1.807) is 12.1 Å². The minimum absolute atomic E-state index is 0.345. The number of hydrogen-bond acceptors (Lipinski definition) is 5. The third-order valence-electron chi connectivity index (χ3n) is 4.24. The SMILES string of the molecule is CO/N=C(/CN1CCN(c2ccccn2)CC1)c1cc(Cl)c(Cl)c(Cl)c1. The number of halogens is 3. The van der Waals surface area contributed by atoms with E-state index in [4.69, 9.17) is 39.6 Å². The quantitative estimate of drug-likeness (QED) is 0.418.